The monoisotopic (exact) mass is 290 g/mol. The van der Waals surface area contributed by atoms with Crippen molar-refractivity contribution in [1.29, 1.82) is 0 Å². The fourth-order valence-corrected chi connectivity index (χ4v) is 4.69. The molecule has 5 nitrogen and oxygen atoms in total. The van der Waals surface area contributed by atoms with Gasteiger partial charge in [-0.05, 0) is 25.7 Å². The Labute approximate surface area is 116 Å². The van der Waals surface area contributed by atoms with E-state index in [4.69, 9.17) is 5.11 Å². The second-order valence-electron chi connectivity index (χ2n) is 5.62. The van der Waals surface area contributed by atoms with Gasteiger partial charge in [-0.3, -0.25) is 4.90 Å². The van der Waals surface area contributed by atoms with E-state index in [-0.39, 0.29) is 12.4 Å². The molecular formula is C13H26N2O3S. The predicted octanol–water partition coefficient (Wildman–Crippen LogP) is 0.649. The van der Waals surface area contributed by atoms with Gasteiger partial charge >= 0.3 is 0 Å². The number of aliphatic hydroxyl groups is 1. The normalized spacial score (nSPS) is 24.1. The first-order valence-corrected chi connectivity index (χ1v) is 9.07. The molecule has 2 rings (SSSR count). The molecule has 0 unspecified atom stereocenters. The van der Waals surface area contributed by atoms with Crippen molar-refractivity contribution >= 4 is 10.0 Å². The molecule has 0 aromatic carbocycles. The Bertz CT molecular complexity index is 358. The lowest BCUT2D eigenvalue weighted by Crippen LogP contribution is -2.51. The van der Waals surface area contributed by atoms with Crippen LogP contribution in [0.25, 0.3) is 0 Å². The van der Waals surface area contributed by atoms with Crippen LogP contribution in [-0.4, -0.2) is 67.3 Å². The van der Waals surface area contributed by atoms with Crippen molar-refractivity contribution in [3.63, 3.8) is 0 Å². The third-order valence-electron chi connectivity index (χ3n) is 4.32. The van der Waals surface area contributed by atoms with E-state index in [0.717, 1.165) is 13.1 Å². The molecule has 1 saturated heterocycles. The van der Waals surface area contributed by atoms with E-state index >= 15 is 0 Å². The minimum atomic E-state index is -3.11. The maximum atomic E-state index is 12.1. The van der Waals surface area contributed by atoms with Crippen molar-refractivity contribution in [2.75, 3.05) is 38.5 Å². The smallest absolute Gasteiger partial charge is 0.214 e. The van der Waals surface area contributed by atoms with E-state index in [9.17, 15) is 8.42 Å². The van der Waals surface area contributed by atoms with Crippen molar-refractivity contribution in [2.24, 2.45) is 0 Å². The average molecular weight is 290 g/mol. The fourth-order valence-electron chi connectivity index (χ4n) is 3.14. The summed E-state index contributed by atoms with van der Waals surface area (Å²) in [7, 11) is -3.11. The Balaban J connectivity index is 1.78. The van der Waals surface area contributed by atoms with Gasteiger partial charge in [0.1, 0.15) is 0 Å². The number of hydrogen-bond acceptors (Lipinski definition) is 4. The van der Waals surface area contributed by atoms with E-state index in [2.05, 4.69) is 4.90 Å². The maximum absolute atomic E-state index is 12.1. The second-order valence-corrected chi connectivity index (χ2v) is 7.71. The molecule has 19 heavy (non-hydrogen) atoms. The zero-order valence-electron chi connectivity index (χ0n) is 11.6. The summed E-state index contributed by atoms with van der Waals surface area (Å²) in [6, 6.07) is 0.694. The molecule has 0 amide bonds. The van der Waals surface area contributed by atoms with Crippen LogP contribution < -0.4 is 0 Å². The van der Waals surface area contributed by atoms with Crippen LogP contribution in [0.3, 0.4) is 0 Å². The molecule has 1 aliphatic carbocycles. The lowest BCUT2D eigenvalue weighted by Gasteiger charge is -2.37. The van der Waals surface area contributed by atoms with Crippen LogP contribution >= 0.6 is 0 Å². The summed E-state index contributed by atoms with van der Waals surface area (Å²) in [5.41, 5.74) is 0. The highest BCUT2D eigenvalue weighted by Crippen LogP contribution is 2.24. The predicted molar refractivity (Wildman–Crippen MR) is 75.5 cm³/mol. The zero-order valence-corrected chi connectivity index (χ0v) is 12.4. The molecule has 0 spiro atoms. The molecule has 1 heterocycles. The van der Waals surface area contributed by atoms with Gasteiger partial charge in [0.2, 0.25) is 10.0 Å². The van der Waals surface area contributed by atoms with Crippen LogP contribution in [0, 0.1) is 0 Å². The quantitative estimate of drug-likeness (QED) is 0.730. The minimum absolute atomic E-state index is 0.0744. The van der Waals surface area contributed by atoms with Gasteiger partial charge in [0.05, 0.1) is 5.75 Å². The van der Waals surface area contributed by atoms with Gasteiger partial charge in [-0.2, -0.15) is 4.31 Å². The van der Waals surface area contributed by atoms with Crippen LogP contribution in [0.2, 0.25) is 0 Å². The van der Waals surface area contributed by atoms with Crippen molar-refractivity contribution in [3.8, 4) is 0 Å². The number of sulfonamides is 1. The molecule has 112 valence electrons. The standard InChI is InChI=1S/C13H26N2O3S/c16-11-3-4-12-19(17,18)15-9-7-14(8-10-15)13-5-1-2-6-13/h13,16H,1-12H2. The zero-order chi connectivity index (χ0) is 13.7. The van der Waals surface area contributed by atoms with E-state index in [1.165, 1.54) is 25.7 Å². The van der Waals surface area contributed by atoms with Crippen molar-refractivity contribution in [2.45, 2.75) is 44.6 Å². The first-order chi connectivity index (χ1) is 9.13. The molecule has 2 aliphatic rings. The first-order valence-electron chi connectivity index (χ1n) is 7.46. The summed E-state index contributed by atoms with van der Waals surface area (Å²) in [5, 5.41) is 8.71. The molecule has 0 aromatic heterocycles. The molecule has 0 radical (unpaired) electrons. The van der Waals surface area contributed by atoms with Gasteiger partial charge in [0.15, 0.2) is 0 Å². The second kappa shape index (κ2) is 7.02. The topological polar surface area (TPSA) is 60.9 Å². The SMILES string of the molecule is O=S(=O)(CCCCO)N1CCN(C2CCCC2)CC1. The van der Waals surface area contributed by atoms with E-state index in [1.54, 1.807) is 4.31 Å². The third-order valence-corrected chi connectivity index (χ3v) is 6.27. The first kappa shape index (κ1) is 15.2. The fraction of sp³-hybridized carbons (Fsp3) is 1.00. The Morgan fingerprint density at radius 3 is 2.21 bits per heavy atom. The van der Waals surface area contributed by atoms with Crippen LogP contribution in [0.5, 0.6) is 0 Å². The highest BCUT2D eigenvalue weighted by molar-refractivity contribution is 7.89. The molecule has 6 heteroatoms. The van der Waals surface area contributed by atoms with Crippen molar-refractivity contribution < 1.29 is 13.5 Å². The number of aliphatic hydroxyl groups excluding tert-OH is 1. The molecule has 2 fully saturated rings. The summed E-state index contributed by atoms with van der Waals surface area (Å²) < 4.78 is 25.9. The van der Waals surface area contributed by atoms with Crippen molar-refractivity contribution in [1.82, 2.24) is 9.21 Å². The molecule has 1 aliphatic heterocycles. The summed E-state index contributed by atoms with van der Waals surface area (Å²) >= 11 is 0. The largest absolute Gasteiger partial charge is 0.396 e. The number of hydrogen-bond donors (Lipinski definition) is 1. The number of unbranched alkanes of at least 4 members (excludes halogenated alkanes) is 1. The number of piperazine rings is 1. The number of rotatable bonds is 6. The van der Waals surface area contributed by atoms with Crippen molar-refractivity contribution in [3.05, 3.63) is 0 Å². The summed E-state index contributed by atoms with van der Waals surface area (Å²) in [4.78, 5) is 2.47. The highest BCUT2D eigenvalue weighted by atomic mass is 32.2. The van der Waals surface area contributed by atoms with E-state index in [1.807, 2.05) is 0 Å². The Kier molecular flexibility index (Phi) is 5.62. The van der Waals surface area contributed by atoms with Crippen LogP contribution in [0.15, 0.2) is 0 Å². The van der Waals surface area contributed by atoms with Gasteiger partial charge in [-0.15, -0.1) is 0 Å². The number of nitrogens with zero attached hydrogens (tertiary/aromatic N) is 2. The van der Waals surface area contributed by atoms with Gasteiger partial charge in [0, 0.05) is 38.8 Å². The van der Waals surface area contributed by atoms with Gasteiger partial charge in [-0.25, -0.2) is 8.42 Å². The summed E-state index contributed by atoms with van der Waals surface area (Å²) in [6.45, 7) is 3.11. The molecule has 0 aromatic rings. The van der Waals surface area contributed by atoms with Gasteiger partial charge in [0.25, 0.3) is 0 Å². The van der Waals surface area contributed by atoms with Crippen LogP contribution in [-0.2, 0) is 10.0 Å². The average Bonchev–Trinajstić information content (AvgIpc) is 2.93. The molecule has 0 atom stereocenters. The molecule has 1 saturated carbocycles. The maximum Gasteiger partial charge on any atom is 0.214 e. The Morgan fingerprint density at radius 1 is 1.00 bits per heavy atom. The Hall–Kier alpha value is -0.170. The lowest BCUT2D eigenvalue weighted by atomic mass is 10.2. The minimum Gasteiger partial charge on any atom is -0.396 e. The van der Waals surface area contributed by atoms with E-state index < -0.39 is 10.0 Å². The molecular weight excluding hydrogens is 264 g/mol. The highest BCUT2D eigenvalue weighted by Gasteiger charge is 2.30. The van der Waals surface area contributed by atoms with Crippen LogP contribution in [0.4, 0.5) is 0 Å². The van der Waals surface area contributed by atoms with Gasteiger partial charge in [-0.1, -0.05) is 12.8 Å². The summed E-state index contributed by atoms with van der Waals surface area (Å²) in [5.74, 6) is 0.178. The molecule has 0 bridgehead atoms. The molecule has 1 N–H and O–H groups in total. The third kappa shape index (κ3) is 4.15. The Morgan fingerprint density at radius 2 is 1.63 bits per heavy atom. The summed E-state index contributed by atoms with van der Waals surface area (Å²) in [6.07, 6.45) is 6.34. The van der Waals surface area contributed by atoms with Gasteiger partial charge < -0.3 is 5.11 Å². The lowest BCUT2D eigenvalue weighted by molar-refractivity contribution is 0.139. The van der Waals surface area contributed by atoms with E-state index in [0.29, 0.717) is 32.0 Å². The van der Waals surface area contributed by atoms with Crippen LogP contribution in [0.1, 0.15) is 38.5 Å².